The van der Waals surface area contributed by atoms with Crippen molar-refractivity contribution in [3.63, 3.8) is 0 Å². The van der Waals surface area contributed by atoms with Gasteiger partial charge in [0, 0.05) is 6.54 Å². The number of aliphatic hydroxyl groups is 2. The summed E-state index contributed by atoms with van der Waals surface area (Å²) in [6.07, 6.45) is 1.40. The standard InChI is InChI=1S/C17H27NO2/c1-12(2)15-7-6-14(9-13(15)3)10-18-8-4-5-17(20)16(18)11-19/h6-7,9,12,16-17,19-20H,4-5,8,10-11H2,1-3H3. The molecule has 0 radical (unpaired) electrons. The third-order valence-corrected chi connectivity index (χ3v) is 4.39. The van der Waals surface area contributed by atoms with Gasteiger partial charge >= 0.3 is 0 Å². The van der Waals surface area contributed by atoms with Crippen molar-refractivity contribution in [3.05, 3.63) is 34.9 Å². The molecule has 1 aromatic rings. The minimum atomic E-state index is -0.398. The van der Waals surface area contributed by atoms with Crippen molar-refractivity contribution in [3.8, 4) is 0 Å². The van der Waals surface area contributed by atoms with Crippen LogP contribution in [0.5, 0.6) is 0 Å². The summed E-state index contributed by atoms with van der Waals surface area (Å²) in [6.45, 7) is 8.38. The second-order valence-electron chi connectivity index (χ2n) is 6.28. The Hall–Kier alpha value is -0.900. The average Bonchev–Trinajstić information content (AvgIpc) is 2.38. The molecule has 112 valence electrons. The molecule has 0 aromatic heterocycles. The Morgan fingerprint density at radius 1 is 1.35 bits per heavy atom. The van der Waals surface area contributed by atoms with E-state index in [1.807, 2.05) is 0 Å². The van der Waals surface area contributed by atoms with E-state index >= 15 is 0 Å². The van der Waals surface area contributed by atoms with E-state index in [1.54, 1.807) is 0 Å². The smallest absolute Gasteiger partial charge is 0.0718 e. The lowest BCUT2D eigenvalue weighted by Crippen LogP contribution is -2.49. The minimum absolute atomic E-state index is 0.0320. The lowest BCUT2D eigenvalue weighted by molar-refractivity contribution is -0.0197. The van der Waals surface area contributed by atoms with Gasteiger partial charge in [0.15, 0.2) is 0 Å². The summed E-state index contributed by atoms with van der Waals surface area (Å²) < 4.78 is 0. The van der Waals surface area contributed by atoms with Gasteiger partial charge in [-0.05, 0) is 48.9 Å². The fourth-order valence-electron chi connectivity index (χ4n) is 3.26. The first-order chi connectivity index (χ1) is 9.52. The van der Waals surface area contributed by atoms with Crippen LogP contribution < -0.4 is 0 Å². The van der Waals surface area contributed by atoms with Crippen molar-refractivity contribution in [2.24, 2.45) is 0 Å². The molecular weight excluding hydrogens is 250 g/mol. The third kappa shape index (κ3) is 3.40. The van der Waals surface area contributed by atoms with E-state index < -0.39 is 6.10 Å². The monoisotopic (exact) mass is 277 g/mol. The normalized spacial score (nSPS) is 24.3. The SMILES string of the molecule is Cc1cc(CN2CCCC(O)C2CO)ccc1C(C)C. The van der Waals surface area contributed by atoms with Gasteiger partial charge in [0.05, 0.1) is 18.8 Å². The van der Waals surface area contributed by atoms with Crippen LogP contribution >= 0.6 is 0 Å². The van der Waals surface area contributed by atoms with Crippen molar-refractivity contribution in [1.82, 2.24) is 4.90 Å². The predicted octanol–water partition coefficient (Wildman–Crippen LogP) is 2.44. The molecule has 0 aliphatic carbocycles. The molecule has 2 unspecified atom stereocenters. The molecule has 2 atom stereocenters. The minimum Gasteiger partial charge on any atom is -0.395 e. The highest BCUT2D eigenvalue weighted by Gasteiger charge is 2.29. The molecule has 1 heterocycles. The molecule has 1 aromatic carbocycles. The molecule has 3 heteroatoms. The second kappa shape index (κ2) is 6.70. The second-order valence-corrected chi connectivity index (χ2v) is 6.28. The summed E-state index contributed by atoms with van der Waals surface area (Å²) in [5, 5.41) is 19.5. The lowest BCUT2D eigenvalue weighted by Gasteiger charge is -2.38. The quantitative estimate of drug-likeness (QED) is 0.888. The van der Waals surface area contributed by atoms with Crippen LogP contribution in [0.15, 0.2) is 18.2 Å². The average molecular weight is 277 g/mol. The molecule has 2 rings (SSSR count). The highest BCUT2D eigenvalue weighted by Crippen LogP contribution is 2.23. The molecule has 1 aliphatic rings. The molecule has 0 spiro atoms. The first kappa shape index (κ1) is 15.5. The zero-order valence-corrected chi connectivity index (χ0v) is 12.8. The molecular formula is C17H27NO2. The maximum atomic E-state index is 9.99. The van der Waals surface area contributed by atoms with Crippen LogP contribution in [0.25, 0.3) is 0 Å². The van der Waals surface area contributed by atoms with Gasteiger partial charge in [-0.25, -0.2) is 0 Å². The van der Waals surface area contributed by atoms with Gasteiger partial charge < -0.3 is 10.2 Å². The number of rotatable bonds is 4. The number of piperidine rings is 1. The Labute approximate surface area is 122 Å². The number of hydrogen-bond acceptors (Lipinski definition) is 3. The van der Waals surface area contributed by atoms with Crippen molar-refractivity contribution < 1.29 is 10.2 Å². The zero-order chi connectivity index (χ0) is 14.7. The Morgan fingerprint density at radius 3 is 2.70 bits per heavy atom. The lowest BCUT2D eigenvalue weighted by atomic mass is 9.95. The Bertz CT molecular complexity index is 445. The van der Waals surface area contributed by atoms with Gasteiger partial charge in [0.25, 0.3) is 0 Å². The summed E-state index contributed by atoms with van der Waals surface area (Å²) in [4.78, 5) is 2.21. The highest BCUT2D eigenvalue weighted by atomic mass is 16.3. The fraction of sp³-hybridized carbons (Fsp3) is 0.647. The fourth-order valence-corrected chi connectivity index (χ4v) is 3.26. The van der Waals surface area contributed by atoms with Crippen molar-refractivity contribution in [2.45, 2.75) is 58.2 Å². The molecule has 20 heavy (non-hydrogen) atoms. The zero-order valence-electron chi connectivity index (χ0n) is 12.8. The Morgan fingerprint density at radius 2 is 2.10 bits per heavy atom. The van der Waals surface area contributed by atoms with Crippen LogP contribution in [0.1, 0.15) is 49.3 Å². The van der Waals surface area contributed by atoms with Gasteiger partial charge in [-0.3, -0.25) is 4.90 Å². The van der Waals surface area contributed by atoms with Crippen molar-refractivity contribution in [1.29, 1.82) is 0 Å². The molecule has 0 bridgehead atoms. The van der Waals surface area contributed by atoms with Crippen LogP contribution in [0.2, 0.25) is 0 Å². The maximum absolute atomic E-state index is 9.99. The summed E-state index contributed by atoms with van der Waals surface area (Å²) in [5.74, 6) is 0.547. The van der Waals surface area contributed by atoms with Gasteiger partial charge in [-0.1, -0.05) is 32.0 Å². The number of aliphatic hydroxyl groups excluding tert-OH is 2. The van der Waals surface area contributed by atoms with Gasteiger partial charge in [-0.2, -0.15) is 0 Å². The van der Waals surface area contributed by atoms with Gasteiger partial charge in [0.1, 0.15) is 0 Å². The Balaban J connectivity index is 2.11. The van der Waals surface area contributed by atoms with E-state index in [-0.39, 0.29) is 12.6 Å². The topological polar surface area (TPSA) is 43.7 Å². The van der Waals surface area contributed by atoms with Crippen LogP contribution in [-0.2, 0) is 6.54 Å². The predicted molar refractivity (Wildman–Crippen MR) is 81.8 cm³/mol. The molecule has 1 aliphatic heterocycles. The van der Waals surface area contributed by atoms with E-state index in [1.165, 1.54) is 16.7 Å². The Kier molecular flexibility index (Phi) is 5.19. The van der Waals surface area contributed by atoms with Gasteiger partial charge in [-0.15, -0.1) is 0 Å². The maximum Gasteiger partial charge on any atom is 0.0718 e. The highest BCUT2D eigenvalue weighted by molar-refractivity contribution is 5.33. The summed E-state index contributed by atoms with van der Waals surface area (Å²) in [5.41, 5.74) is 3.99. The van der Waals surface area contributed by atoms with E-state index in [0.29, 0.717) is 5.92 Å². The third-order valence-electron chi connectivity index (χ3n) is 4.39. The summed E-state index contributed by atoms with van der Waals surface area (Å²) in [6, 6.07) is 6.51. The number of benzene rings is 1. The van der Waals surface area contributed by atoms with Gasteiger partial charge in [0.2, 0.25) is 0 Å². The van der Waals surface area contributed by atoms with Crippen LogP contribution in [0.4, 0.5) is 0 Å². The van der Waals surface area contributed by atoms with Crippen LogP contribution in [0, 0.1) is 6.92 Å². The number of nitrogens with zero attached hydrogens (tertiary/aromatic N) is 1. The molecule has 2 N–H and O–H groups in total. The van der Waals surface area contributed by atoms with E-state index in [0.717, 1.165) is 25.9 Å². The molecule has 1 saturated heterocycles. The molecule has 0 amide bonds. The summed E-state index contributed by atoms with van der Waals surface area (Å²) in [7, 11) is 0. The first-order valence-electron chi connectivity index (χ1n) is 7.65. The molecule has 0 saturated carbocycles. The van der Waals surface area contributed by atoms with E-state index in [4.69, 9.17) is 0 Å². The largest absolute Gasteiger partial charge is 0.395 e. The first-order valence-corrected chi connectivity index (χ1v) is 7.65. The molecule has 3 nitrogen and oxygen atoms in total. The number of likely N-dealkylation sites (tertiary alicyclic amines) is 1. The number of aryl methyl sites for hydroxylation is 1. The number of hydrogen-bond donors (Lipinski definition) is 2. The van der Waals surface area contributed by atoms with E-state index in [9.17, 15) is 10.2 Å². The van der Waals surface area contributed by atoms with Crippen molar-refractivity contribution in [2.75, 3.05) is 13.2 Å². The van der Waals surface area contributed by atoms with Crippen molar-refractivity contribution >= 4 is 0 Å². The van der Waals surface area contributed by atoms with Crippen LogP contribution in [0.3, 0.4) is 0 Å². The molecule has 1 fully saturated rings. The van der Waals surface area contributed by atoms with Crippen LogP contribution in [-0.4, -0.2) is 40.4 Å². The van der Waals surface area contributed by atoms with E-state index in [2.05, 4.69) is 43.9 Å². The summed E-state index contributed by atoms with van der Waals surface area (Å²) >= 11 is 0.